The highest BCUT2D eigenvalue weighted by atomic mass is 19.1. The summed E-state index contributed by atoms with van der Waals surface area (Å²) in [6, 6.07) is 11.9. The van der Waals surface area contributed by atoms with E-state index in [1.165, 1.54) is 24.3 Å². The molecule has 0 aliphatic rings. The van der Waals surface area contributed by atoms with Gasteiger partial charge in [-0.05, 0) is 42.5 Å². The molecule has 2 aromatic carbocycles. The lowest BCUT2D eigenvalue weighted by atomic mass is 10.2. The van der Waals surface area contributed by atoms with Gasteiger partial charge in [0, 0.05) is 11.3 Å². The van der Waals surface area contributed by atoms with Crippen molar-refractivity contribution in [1.29, 1.82) is 0 Å². The summed E-state index contributed by atoms with van der Waals surface area (Å²) in [6.45, 7) is 0.324. The van der Waals surface area contributed by atoms with Crippen LogP contribution in [-0.4, -0.2) is 10.1 Å². The van der Waals surface area contributed by atoms with Crippen LogP contribution in [0.1, 0.15) is 5.82 Å². The second kappa shape index (κ2) is 5.70. The molecule has 3 rings (SSSR count). The molecule has 1 N–H and O–H groups in total. The van der Waals surface area contributed by atoms with Crippen LogP contribution in [0.4, 0.5) is 14.5 Å². The van der Waals surface area contributed by atoms with Crippen LogP contribution in [0.5, 0.6) is 0 Å². The van der Waals surface area contributed by atoms with Crippen molar-refractivity contribution in [2.45, 2.75) is 6.54 Å². The molecule has 6 heteroatoms. The minimum absolute atomic E-state index is 0.255. The summed E-state index contributed by atoms with van der Waals surface area (Å²) in [7, 11) is 0. The van der Waals surface area contributed by atoms with E-state index in [9.17, 15) is 8.78 Å². The largest absolute Gasteiger partial charge is 0.378 e. The zero-order chi connectivity index (χ0) is 14.7. The average Bonchev–Trinajstić information content (AvgIpc) is 2.96. The van der Waals surface area contributed by atoms with E-state index in [-0.39, 0.29) is 17.5 Å². The molecule has 0 bridgehead atoms. The number of aromatic nitrogens is 2. The molecule has 0 fully saturated rings. The molecular formula is C15H11F2N3O. The minimum Gasteiger partial charge on any atom is -0.378 e. The number of anilines is 1. The van der Waals surface area contributed by atoms with Crippen LogP contribution in [0.2, 0.25) is 0 Å². The first-order valence-corrected chi connectivity index (χ1v) is 6.29. The van der Waals surface area contributed by atoms with E-state index < -0.39 is 0 Å². The van der Waals surface area contributed by atoms with Crippen molar-refractivity contribution in [1.82, 2.24) is 10.1 Å². The van der Waals surface area contributed by atoms with Crippen molar-refractivity contribution < 1.29 is 13.3 Å². The highest BCUT2D eigenvalue weighted by Gasteiger charge is 2.09. The van der Waals surface area contributed by atoms with Crippen LogP contribution in [0, 0.1) is 11.6 Å². The number of nitrogens with zero attached hydrogens (tertiary/aromatic N) is 2. The third-order valence-electron chi connectivity index (χ3n) is 2.83. The zero-order valence-corrected chi connectivity index (χ0v) is 10.9. The van der Waals surface area contributed by atoms with Gasteiger partial charge in [0.25, 0.3) is 5.89 Å². The van der Waals surface area contributed by atoms with Gasteiger partial charge in [-0.1, -0.05) is 11.2 Å². The third-order valence-corrected chi connectivity index (χ3v) is 2.83. The van der Waals surface area contributed by atoms with Gasteiger partial charge in [-0.15, -0.1) is 0 Å². The number of hydrogen-bond donors (Lipinski definition) is 1. The quantitative estimate of drug-likeness (QED) is 0.796. The van der Waals surface area contributed by atoms with Crippen LogP contribution >= 0.6 is 0 Å². The molecule has 0 radical (unpaired) electrons. The van der Waals surface area contributed by atoms with E-state index in [2.05, 4.69) is 15.5 Å². The predicted molar refractivity (Wildman–Crippen MR) is 73.4 cm³/mol. The summed E-state index contributed by atoms with van der Waals surface area (Å²) < 4.78 is 31.0. The summed E-state index contributed by atoms with van der Waals surface area (Å²) in [5.74, 6) is 0.0224. The molecule has 21 heavy (non-hydrogen) atoms. The minimum atomic E-state index is -0.364. The third kappa shape index (κ3) is 3.22. The Hall–Kier alpha value is -2.76. The molecule has 0 spiro atoms. The first-order chi connectivity index (χ1) is 10.2. The molecule has 0 aliphatic carbocycles. The Morgan fingerprint density at radius 2 is 1.81 bits per heavy atom. The summed E-state index contributed by atoms with van der Waals surface area (Å²) >= 11 is 0. The van der Waals surface area contributed by atoms with Gasteiger partial charge in [0.05, 0.1) is 6.54 Å². The maximum absolute atomic E-state index is 13.1. The SMILES string of the molecule is Fc1ccc(NCc2noc(-c3cccc(F)c3)n2)cc1. The van der Waals surface area contributed by atoms with Crippen molar-refractivity contribution in [3.05, 3.63) is 66.0 Å². The molecular weight excluding hydrogens is 276 g/mol. The van der Waals surface area contributed by atoms with E-state index in [0.29, 0.717) is 17.9 Å². The standard InChI is InChI=1S/C15H11F2N3O/c16-11-4-6-13(7-5-11)18-9-14-19-15(21-20-14)10-2-1-3-12(17)8-10/h1-8,18H,9H2. The summed E-state index contributed by atoms with van der Waals surface area (Å²) in [5.41, 5.74) is 1.27. The van der Waals surface area contributed by atoms with E-state index in [1.807, 2.05) is 0 Å². The number of halogens is 2. The number of hydrogen-bond acceptors (Lipinski definition) is 4. The van der Waals surface area contributed by atoms with Gasteiger partial charge in [0.15, 0.2) is 5.82 Å². The van der Waals surface area contributed by atoms with E-state index >= 15 is 0 Å². The van der Waals surface area contributed by atoms with Crippen molar-refractivity contribution in [2.75, 3.05) is 5.32 Å². The molecule has 106 valence electrons. The Morgan fingerprint density at radius 1 is 1.00 bits per heavy atom. The van der Waals surface area contributed by atoms with Gasteiger partial charge in [-0.2, -0.15) is 4.98 Å². The zero-order valence-electron chi connectivity index (χ0n) is 10.9. The normalized spacial score (nSPS) is 10.6. The summed E-state index contributed by atoms with van der Waals surface area (Å²) in [6.07, 6.45) is 0. The molecule has 1 heterocycles. The van der Waals surface area contributed by atoms with E-state index in [4.69, 9.17) is 4.52 Å². The Balaban J connectivity index is 1.69. The highest BCUT2D eigenvalue weighted by molar-refractivity contribution is 5.52. The highest BCUT2D eigenvalue weighted by Crippen LogP contribution is 2.18. The molecule has 0 amide bonds. The predicted octanol–water partition coefficient (Wildman–Crippen LogP) is 3.63. The Kier molecular flexibility index (Phi) is 3.59. The second-order valence-corrected chi connectivity index (χ2v) is 4.39. The first-order valence-electron chi connectivity index (χ1n) is 6.29. The van der Waals surface area contributed by atoms with Crippen LogP contribution in [-0.2, 0) is 6.54 Å². The smallest absolute Gasteiger partial charge is 0.258 e. The molecule has 0 atom stereocenters. The lowest BCUT2D eigenvalue weighted by Crippen LogP contribution is -2.01. The number of rotatable bonds is 4. The lowest BCUT2D eigenvalue weighted by molar-refractivity contribution is 0.423. The molecule has 0 saturated carbocycles. The second-order valence-electron chi connectivity index (χ2n) is 4.39. The van der Waals surface area contributed by atoms with Crippen LogP contribution in [0.15, 0.2) is 53.1 Å². The topological polar surface area (TPSA) is 51.0 Å². The fourth-order valence-corrected chi connectivity index (χ4v) is 1.81. The molecule has 1 aromatic heterocycles. The van der Waals surface area contributed by atoms with Crippen molar-refractivity contribution in [2.24, 2.45) is 0 Å². The van der Waals surface area contributed by atoms with Gasteiger partial charge >= 0.3 is 0 Å². The van der Waals surface area contributed by atoms with Gasteiger partial charge in [-0.3, -0.25) is 0 Å². The van der Waals surface area contributed by atoms with Gasteiger partial charge < -0.3 is 9.84 Å². The van der Waals surface area contributed by atoms with Crippen LogP contribution < -0.4 is 5.32 Å². The summed E-state index contributed by atoms with van der Waals surface area (Å²) in [5, 5.41) is 6.85. The molecule has 0 saturated heterocycles. The number of nitrogens with one attached hydrogen (secondary N) is 1. The fraction of sp³-hybridized carbons (Fsp3) is 0.0667. The maximum atomic E-state index is 13.1. The number of benzene rings is 2. The van der Waals surface area contributed by atoms with Crippen LogP contribution in [0.3, 0.4) is 0 Å². The van der Waals surface area contributed by atoms with E-state index in [0.717, 1.165) is 5.69 Å². The molecule has 4 nitrogen and oxygen atoms in total. The molecule has 3 aromatic rings. The van der Waals surface area contributed by atoms with Crippen molar-refractivity contribution in [3.63, 3.8) is 0 Å². The summed E-state index contributed by atoms with van der Waals surface area (Å²) in [4.78, 5) is 4.17. The Labute approximate surface area is 119 Å². The monoisotopic (exact) mass is 287 g/mol. The van der Waals surface area contributed by atoms with E-state index in [1.54, 1.807) is 24.3 Å². The Morgan fingerprint density at radius 3 is 2.57 bits per heavy atom. The maximum Gasteiger partial charge on any atom is 0.258 e. The first kappa shape index (κ1) is 13.2. The van der Waals surface area contributed by atoms with Crippen molar-refractivity contribution in [3.8, 4) is 11.5 Å². The van der Waals surface area contributed by atoms with Gasteiger partial charge in [0.1, 0.15) is 11.6 Å². The van der Waals surface area contributed by atoms with Gasteiger partial charge in [0.2, 0.25) is 0 Å². The van der Waals surface area contributed by atoms with Gasteiger partial charge in [-0.25, -0.2) is 8.78 Å². The molecule has 0 aliphatic heterocycles. The lowest BCUT2D eigenvalue weighted by Gasteiger charge is -2.02. The van der Waals surface area contributed by atoms with Crippen LogP contribution in [0.25, 0.3) is 11.5 Å². The van der Waals surface area contributed by atoms with Crippen molar-refractivity contribution >= 4 is 5.69 Å². The molecule has 0 unspecified atom stereocenters. The Bertz CT molecular complexity index is 741. The fourth-order valence-electron chi connectivity index (χ4n) is 1.81. The average molecular weight is 287 g/mol.